The molecule has 0 unspecified atom stereocenters. The second-order valence-electron chi connectivity index (χ2n) is 3.81. The Morgan fingerprint density at radius 1 is 1.26 bits per heavy atom. The van der Waals surface area contributed by atoms with Gasteiger partial charge in [0.25, 0.3) is 0 Å². The lowest BCUT2D eigenvalue weighted by atomic mass is 10.3. The van der Waals surface area contributed by atoms with Crippen molar-refractivity contribution < 1.29 is 4.74 Å². The summed E-state index contributed by atoms with van der Waals surface area (Å²) in [5, 5.41) is 12.3. The van der Waals surface area contributed by atoms with Crippen LogP contribution in [0.25, 0.3) is 0 Å². The normalized spacial score (nSPS) is 10.4. The molecule has 0 aliphatic rings. The van der Waals surface area contributed by atoms with E-state index in [2.05, 4.69) is 22.4 Å². The van der Waals surface area contributed by atoms with Crippen molar-refractivity contribution in [2.45, 2.75) is 17.7 Å². The first-order valence-electron chi connectivity index (χ1n) is 6.26. The zero-order chi connectivity index (χ0) is 13.3. The molecule has 2 rings (SSSR count). The Labute approximate surface area is 121 Å². The van der Waals surface area contributed by atoms with Gasteiger partial charge < -0.3 is 10.1 Å². The highest BCUT2D eigenvalue weighted by Crippen LogP contribution is 2.25. The molecule has 0 bridgehead atoms. The van der Waals surface area contributed by atoms with Crippen LogP contribution in [0.5, 0.6) is 5.75 Å². The summed E-state index contributed by atoms with van der Waals surface area (Å²) in [6, 6.07) is 9.84. The second-order valence-corrected chi connectivity index (χ2v) is 6.13. The van der Waals surface area contributed by atoms with E-state index < -0.39 is 0 Å². The maximum absolute atomic E-state index is 5.62. The van der Waals surface area contributed by atoms with E-state index in [1.807, 2.05) is 30.3 Å². The van der Waals surface area contributed by atoms with Crippen molar-refractivity contribution in [3.8, 4) is 5.75 Å². The van der Waals surface area contributed by atoms with Crippen LogP contribution in [-0.2, 0) is 0 Å². The highest BCUT2D eigenvalue weighted by Gasteiger charge is 2.03. The third-order valence-corrected chi connectivity index (χ3v) is 4.23. The molecule has 4 nitrogen and oxygen atoms in total. The minimum atomic E-state index is 0.673. The summed E-state index contributed by atoms with van der Waals surface area (Å²) in [6.45, 7) is 3.74. The van der Waals surface area contributed by atoms with Gasteiger partial charge in [-0.15, -0.1) is 10.2 Å². The van der Waals surface area contributed by atoms with Gasteiger partial charge in [-0.25, -0.2) is 0 Å². The number of rotatable bonds is 8. The molecule has 0 saturated heterocycles. The van der Waals surface area contributed by atoms with Gasteiger partial charge in [-0.05, 0) is 18.6 Å². The van der Waals surface area contributed by atoms with Crippen molar-refractivity contribution in [2.24, 2.45) is 0 Å². The number of aromatic nitrogens is 2. The molecule has 0 amide bonds. The molecule has 19 heavy (non-hydrogen) atoms. The Morgan fingerprint density at radius 3 is 2.89 bits per heavy atom. The van der Waals surface area contributed by atoms with Crippen molar-refractivity contribution in [3.05, 3.63) is 30.3 Å². The van der Waals surface area contributed by atoms with E-state index >= 15 is 0 Å². The minimum absolute atomic E-state index is 0.673. The molecule has 1 N–H and O–H groups in total. The minimum Gasteiger partial charge on any atom is -0.493 e. The van der Waals surface area contributed by atoms with Crippen LogP contribution in [0.2, 0.25) is 0 Å². The molecule has 0 atom stereocenters. The van der Waals surface area contributed by atoms with Crippen molar-refractivity contribution in [2.75, 3.05) is 24.2 Å². The highest BCUT2D eigenvalue weighted by atomic mass is 32.2. The van der Waals surface area contributed by atoms with Gasteiger partial charge in [0.1, 0.15) is 5.75 Å². The zero-order valence-electron chi connectivity index (χ0n) is 10.8. The summed E-state index contributed by atoms with van der Waals surface area (Å²) in [7, 11) is 0. The first kappa shape index (κ1) is 14.1. The number of anilines is 1. The summed E-state index contributed by atoms with van der Waals surface area (Å²) < 4.78 is 6.60. The Kier molecular flexibility index (Phi) is 5.97. The average molecular weight is 295 g/mol. The number of thioether (sulfide) groups is 1. The summed E-state index contributed by atoms with van der Waals surface area (Å²) >= 11 is 3.27. The lowest BCUT2D eigenvalue weighted by Gasteiger charge is -2.03. The number of hydrogen-bond acceptors (Lipinski definition) is 6. The molecule has 102 valence electrons. The molecule has 0 radical (unpaired) electrons. The van der Waals surface area contributed by atoms with E-state index in [1.165, 1.54) is 0 Å². The predicted molar refractivity (Wildman–Crippen MR) is 81.4 cm³/mol. The van der Waals surface area contributed by atoms with Crippen LogP contribution in [0.15, 0.2) is 34.7 Å². The second kappa shape index (κ2) is 8.01. The third-order valence-electron chi connectivity index (χ3n) is 2.25. The number of benzene rings is 1. The van der Waals surface area contributed by atoms with E-state index in [0.29, 0.717) is 6.61 Å². The van der Waals surface area contributed by atoms with Crippen LogP contribution in [0, 0.1) is 0 Å². The van der Waals surface area contributed by atoms with Crippen molar-refractivity contribution in [1.29, 1.82) is 0 Å². The largest absolute Gasteiger partial charge is 0.493 e. The number of ether oxygens (including phenoxy) is 1. The topological polar surface area (TPSA) is 47.0 Å². The highest BCUT2D eigenvalue weighted by molar-refractivity contribution is 8.01. The van der Waals surface area contributed by atoms with E-state index in [-0.39, 0.29) is 0 Å². The first-order valence-corrected chi connectivity index (χ1v) is 8.06. The predicted octanol–water partition coefficient (Wildman–Crippen LogP) is 3.53. The lowest BCUT2D eigenvalue weighted by molar-refractivity contribution is 0.344. The van der Waals surface area contributed by atoms with Crippen molar-refractivity contribution in [3.63, 3.8) is 0 Å². The molecule has 6 heteroatoms. The maximum Gasteiger partial charge on any atom is 0.206 e. The first-order chi connectivity index (χ1) is 9.38. The van der Waals surface area contributed by atoms with Crippen LogP contribution < -0.4 is 10.1 Å². The monoisotopic (exact) mass is 295 g/mol. The standard InChI is InChI=1S/C13H17N3OS2/c1-2-8-14-12-15-16-13(19-12)18-10-9-17-11-6-4-3-5-7-11/h3-7H,2,8-10H2,1H3,(H,14,15). The number of hydrogen-bond donors (Lipinski definition) is 1. The fourth-order valence-corrected chi connectivity index (χ4v) is 3.04. The zero-order valence-corrected chi connectivity index (χ0v) is 12.5. The molecule has 2 aromatic rings. The fourth-order valence-electron chi connectivity index (χ4n) is 1.38. The van der Waals surface area contributed by atoms with Crippen molar-refractivity contribution >= 4 is 28.2 Å². The average Bonchev–Trinajstić information content (AvgIpc) is 2.90. The summed E-state index contributed by atoms with van der Waals surface area (Å²) in [5.74, 6) is 1.78. The third kappa shape index (κ3) is 5.08. The molecule has 0 fully saturated rings. The molecular formula is C13H17N3OS2. The van der Waals surface area contributed by atoms with Crippen LogP contribution in [0.3, 0.4) is 0 Å². The summed E-state index contributed by atoms with van der Waals surface area (Å²) in [5.41, 5.74) is 0. The van der Waals surface area contributed by atoms with Gasteiger partial charge in [-0.2, -0.15) is 0 Å². The van der Waals surface area contributed by atoms with E-state index in [1.54, 1.807) is 23.1 Å². The van der Waals surface area contributed by atoms with E-state index in [4.69, 9.17) is 4.74 Å². The van der Waals surface area contributed by atoms with Crippen molar-refractivity contribution in [1.82, 2.24) is 10.2 Å². The summed E-state index contributed by atoms with van der Waals surface area (Å²) in [6.07, 6.45) is 1.09. The van der Waals surface area contributed by atoms with Gasteiger partial charge in [-0.3, -0.25) is 0 Å². The lowest BCUT2D eigenvalue weighted by Crippen LogP contribution is -1.99. The van der Waals surface area contributed by atoms with Crippen LogP contribution in [0.4, 0.5) is 5.13 Å². The van der Waals surface area contributed by atoms with Gasteiger partial charge in [-0.1, -0.05) is 48.2 Å². The van der Waals surface area contributed by atoms with Crippen LogP contribution >= 0.6 is 23.1 Å². The van der Waals surface area contributed by atoms with E-state index in [9.17, 15) is 0 Å². The molecule has 1 aromatic heterocycles. The Bertz CT molecular complexity index is 476. The Morgan fingerprint density at radius 2 is 2.11 bits per heavy atom. The molecule has 0 spiro atoms. The van der Waals surface area contributed by atoms with Gasteiger partial charge in [0.05, 0.1) is 6.61 Å². The Hall–Kier alpha value is -1.27. The molecule has 1 aromatic carbocycles. The molecule has 0 saturated carbocycles. The number of nitrogens with one attached hydrogen (secondary N) is 1. The molecule has 0 aliphatic carbocycles. The van der Waals surface area contributed by atoms with Gasteiger partial charge in [0.2, 0.25) is 5.13 Å². The van der Waals surface area contributed by atoms with Gasteiger partial charge in [0, 0.05) is 12.3 Å². The Balaban J connectivity index is 1.66. The number of para-hydroxylation sites is 1. The van der Waals surface area contributed by atoms with Crippen LogP contribution in [-0.4, -0.2) is 29.1 Å². The molecule has 0 aliphatic heterocycles. The fraction of sp³-hybridized carbons (Fsp3) is 0.385. The quantitative estimate of drug-likeness (QED) is 0.596. The van der Waals surface area contributed by atoms with Crippen LogP contribution in [0.1, 0.15) is 13.3 Å². The maximum atomic E-state index is 5.62. The molecular weight excluding hydrogens is 278 g/mol. The summed E-state index contributed by atoms with van der Waals surface area (Å²) in [4.78, 5) is 0. The van der Waals surface area contributed by atoms with Gasteiger partial charge >= 0.3 is 0 Å². The van der Waals surface area contributed by atoms with Gasteiger partial charge in [0.15, 0.2) is 4.34 Å². The molecule has 1 heterocycles. The SMILES string of the molecule is CCCNc1nnc(SCCOc2ccccc2)s1. The number of nitrogens with zero attached hydrogens (tertiary/aromatic N) is 2. The van der Waals surface area contributed by atoms with E-state index in [0.717, 1.165) is 33.9 Å². The smallest absolute Gasteiger partial charge is 0.206 e.